The highest BCUT2D eigenvalue weighted by atomic mass is 19.1. The minimum absolute atomic E-state index is 0.0139. The molecule has 0 radical (unpaired) electrons. The van der Waals surface area contributed by atoms with Gasteiger partial charge in [0.05, 0.1) is 18.0 Å². The van der Waals surface area contributed by atoms with Crippen molar-refractivity contribution in [3.63, 3.8) is 0 Å². The Morgan fingerprint density at radius 2 is 1.64 bits per heavy atom. The number of hydrogen-bond acceptors (Lipinski definition) is 6. The summed E-state index contributed by atoms with van der Waals surface area (Å²) < 4.78 is 17.2. The van der Waals surface area contributed by atoms with Crippen LogP contribution in [0.3, 0.4) is 0 Å². The van der Waals surface area contributed by atoms with Crippen LogP contribution in [0.5, 0.6) is 0 Å². The molecule has 0 bridgehead atoms. The van der Waals surface area contributed by atoms with Crippen LogP contribution in [0.25, 0.3) is 0 Å². The zero-order chi connectivity index (χ0) is 32.9. The summed E-state index contributed by atoms with van der Waals surface area (Å²) in [6, 6.07) is 9.50. The molecule has 2 unspecified atom stereocenters. The third-order valence-electron chi connectivity index (χ3n) is 4.86. The molecule has 2 atom stereocenters. The fraction of sp³-hybridized carbons (Fsp3) is 0.515. The highest BCUT2D eigenvalue weighted by Crippen LogP contribution is 2.09. The third-order valence-corrected chi connectivity index (χ3v) is 4.86. The molecule has 0 aliphatic carbocycles. The lowest BCUT2D eigenvalue weighted by molar-refractivity contribution is -0.115. The van der Waals surface area contributed by atoms with E-state index in [0.29, 0.717) is 30.7 Å². The minimum atomic E-state index is -0.554. The first kappa shape index (κ1) is 43.3. The number of aliphatic imine (C=N–C) groups is 1. The summed E-state index contributed by atoms with van der Waals surface area (Å²) in [6.45, 7) is 19.0. The first-order valence-electron chi connectivity index (χ1n) is 14.3. The van der Waals surface area contributed by atoms with Crippen molar-refractivity contribution < 1.29 is 29.2 Å². The van der Waals surface area contributed by atoms with Gasteiger partial charge in [0.25, 0.3) is 5.91 Å². The lowest BCUT2D eigenvalue weighted by Gasteiger charge is -2.14. The Morgan fingerprint density at radius 1 is 1.10 bits per heavy atom. The fourth-order valence-corrected chi connectivity index (χ4v) is 3.01. The predicted octanol–water partition coefficient (Wildman–Crippen LogP) is 5.77. The maximum absolute atomic E-state index is 12.9. The SMILES string of the molecule is C=C/C(=C\C=C(/C)F)C(=C)NC(=NC(C)C)C(=O)NCc1ccccc1.CC.CCCC(O)CC(O)CCO.COC. The number of rotatable bonds is 13. The van der Waals surface area contributed by atoms with Crippen molar-refractivity contribution in [2.45, 2.75) is 92.0 Å². The predicted molar refractivity (Wildman–Crippen MR) is 174 cm³/mol. The van der Waals surface area contributed by atoms with Crippen LogP contribution in [0.2, 0.25) is 0 Å². The molecule has 240 valence electrons. The number of hydrogen-bond donors (Lipinski definition) is 5. The summed E-state index contributed by atoms with van der Waals surface area (Å²) >= 11 is 0. The molecule has 0 fully saturated rings. The Morgan fingerprint density at radius 3 is 2.10 bits per heavy atom. The molecular weight excluding hydrogens is 537 g/mol. The van der Waals surface area contributed by atoms with Crippen molar-refractivity contribution in [3.05, 3.63) is 84.4 Å². The fourth-order valence-electron chi connectivity index (χ4n) is 3.01. The molecule has 0 aromatic heterocycles. The van der Waals surface area contributed by atoms with Crippen molar-refractivity contribution in [2.24, 2.45) is 4.99 Å². The van der Waals surface area contributed by atoms with Gasteiger partial charge in [-0.2, -0.15) is 0 Å². The van der Waals surface area contributed by atoms with Crippen LogP contribution >= 0.6 is 0 Å². The van der Waals surface area contributed by atoms with E-state index < -0.39 is 12.2 Å². The zero-order valence-corrected chi connectivity index (χ0v) is 27.0. The average molecular weight is 594 g/mol. The van der Waals surface area contributed by atoms with Gasteiger partial charge in [-0.05, 0) is 57.2 Å². The zero-order valence-electron chi connectivity index (χ0n) is 27.0. The van der Waals surface area contributed by atoms with E-state index in [0.717, 1.165) is 18.4 Å². The Bertz CT molecular complexity index is 917. The van der Waals surface area contributed by atoms with Crippen molar-refractivity contribution in [1.82, 2.24) is 10.6 Å². The normalized spacial score (nSPS) is 12.7. The first-order valence-corrected chi connectivity index (χ1v) is 14.3. The Hall–Kier alpha value is -3.11. The molecule has 5 N–H and O–H groups in total. The summed E-state index contributed by atoms with van der Waals surface area (Å²) in [5.41, 5.74) is 1.96. The van der Waals surface area contributed by atoms with Crippen LogP contribution in [0.1, 0.15) is 72.8 Å². The minimum Gasteiger partial charge on any atom is -0.396 e. The number of amidine groups is 1. The van der Waals surface area contributed by atoms with Gasteiger partial charge in [-0.1, -0.05) is 82.8 Å². The molecule has 1 aromatic carbocycles. The second-order valence-electron chi connectivity index (χ2n) is 9.18. The molecule has 42 heavy (non-hydrogen) atoms. The van der Waals surface area contributed by atoms with E-state index in [-0.39, 0.29) is 30.2 Å². The van der Waals surface area contributed by atoms with E-state index in [1.807, 2.05) is 65.0 Å². The summed E-state index contributed by atoms with van der Waals surface area (Å²) in [7, 11) is 3.25. The van der Waals surface area contributed by atoms with E-state index in [1.54, 1.807) is 14.2 Å². The van der Waals surface area contributed by atoms with Gasteiger partial charge in [0.1, 0.15) is 0 Å². The Labute approximate surface area is 253 Å². The van der Waals surface area contributed by atoms with Gasteiger partial charge in [-0.25, -0.2) is 4.39 Å². The number of aliphatic hydroxyl groups is 3. The number of carbonyl (C=O) groups is 1. The van der Waals surface area contributed by atoms with Crippen LogP contribution in [0.4, 0.5) is 4.39 Å². The molecule has 0 heterocycles. The van der Waals surface area contributed by atoms with E-state index in [1.165, 1.54) is 25.2 Å². The van der Waals surface area contributed by atoms with Gasteiger partial charge in [0.15, 0.2) is 5.84 Å². The van der Waals surface area contributed by atoms with Crippen LogP contribution in [0.15, 0.2) is 83.8 Å². The van der Waals surface area contributed by atoms with Gasteiger partial charge >= 0.3 is 0 Å². The third kappa shape index (κ3) is 25.8. The second kappa shape index (κ2) is 29.4. The first-order chi connectivity index (χ1) is 19.9. The van der Waals surface area contributed by atoms with Gasteiger partial charge in [0.2, 0.25) is 0 Å². The van der Waals surface area contributed by atoms with Crippen molar-refractivity contribution in [3.8, 4) is 0 Å². The number of ether oxygens (including phenoxy) is 1. The van der Waals surface area contributed by atoms with E-state index in [4.69, 9.17) is 10.2 Å². The molecule has 0 aliphatic rings. The summed E-state index contributed by atoms with van der Waals surface area (Å²) in [5, 5.41) is 32.5. The quantitative estimate of drug-likeness (QED) is 0.112. The van der Waals surface area contributed by atoms with Crippen LogP contribution in [0, 0.1) is 0 Å². The van der Waals surface area contributed by atoms with Crippen LogP contribution in [-0.4, -0.2) is 66.1 Å². The Balaban J connectivity index is -0.000000789. The molecule has 1 rings (SSSR count). The largest absolute Gasteiger partial charge is 0.396 e. The highest BCUT2D eigenvalue weighted by molar-refractivity contribution is 6.38. The van der Waals surface area contributed by atoms with Crippen LogP contribution in [-0.2, 0) is 16.1 Å². The number of nitrogens with one attached hydrogen (secondary N) is 2. The van der Waals surface area contributed by atoms with Gasteiger partial charge in [-0.3, -0.25) is 9.79 Å². The summed E-state index contributed by atoms with van der Waals surface area (Å²) in [5.74, 6) is -0.534. The molecule has 0 saturated carbocycles. The number of nitrogens with zero attached hydrogens (tertiary/aromatic N) is 1. The molecule has 1 aromatic rings. The number of amides is 1. The molecule has 0 saturated heterocycles. The van der Waals surface area contributed by atoms with Crippen molar-refractivity contribution in [1.29, 1.82) is 0 Å². The summed E-state index contributed by atoms with van der Waals surface area (Å²) in [6.07, 6.45) is 5.79. The number of allylic oxidation sites excluding steroid dienone is 4. The standard InChI is InChI=1S/C21H26FN3O.C8H18O3.C2H6O.C2H6/c1-6-19(13-12-16(4)22)17(5)25-20(24-15(2)3)21(26)23-14-18-10-8-7-9-11-18;1-2-3-7(10)6-8(11)4-5-9;1-3-2;1-2/h6-13,15H,1,5,14H2,2-4H3,(H,23,26)(H,24,25);7-11H,2-6H2,1H3;1-2H3;1-2H3/b16-12+,19-13+;;;. The van der Waals surface area contributed by atoms with Crippen molar-refractivity contribution >= 4 is 11.7 Å². The van der Waals surface area contributed by atoms with E-state index in [9.17, 15) is 14.3 Å². The van der Waals surface area contributed by atoms with Gasteiger partial charge in [0, 0.05) is 39.1 Å². The number of halogens is 1. The average Bonchev–Trinajstić information content (AvgIpc) is 2.94. The monoisotopic (exact) mass is 593 g/mol. The lowest BCUT2D eigenvalue weighted by atomic mass is 10.1. The number of carbonyl (C=O) groups excluding carboxylic acids is 1. The molecule has 9 heteroatoms. The molecule has 1 amide bonds. The van der Waals surface area contributed by atoms with Gasteiger partial charge < -0.3 is 30.7 Å². The smallest absolute Gasteiger partial charge is 0.286 e. The number of benzene rings is 1. The Kier molecular flexibility index (Phi) is 30.3. The van der Waals surface area contributed by atoms with Crippen LogP contribution < -0.4 is 10.6 Å². The molecular formula is C33H56FN3O5. The lowest BCUT2D eigenvalue weighted by Crippen LogP contribution is -2.40. The summed E-state index contributed by atoms with van der Waals surface area (Å²) in [4.78, 5) is 16.8. The van der Waals surface area contributed by atoms with E-state index >= 15 is 0 Å². The van der Waals surface area contributed by atoms with E-state index in [2.05, 4.69) is 33.5 Å². The molecule has 8 nitrogen and oxygen atoms in total. The topological polar surface area (TPSA) is 123 Å². The number of methoxy groups -OCH3 is 1. The second-order valence-corrected chi connectivity index (χ2v) is 9.18. The maximum Gasteiger partial charge on any atom is 0.286 e. The maximum atomic E-state index is 12.9. The number of aliphatic hydroxyl groups excluding tert-OH is 3. The molecule has 0 spiro atoms. The highest BCUT2D eigenvalue weighted by Gasteiger charge is 2.14. The van der Waals surface area contributed by atoms with Crippen molar-refractivity contribution in [2.75, 3.05) is 20.8 Å². The van der Waals surface area contributed by atoms with Gasteiger partial charge in [-0.15, -0.1) is 0 Å². The molecule has 0 aliphatic heterocycles.